The number of halogens is 4. The second kappa shape index (κ2) is 7.39. The number of ether oxygens (including phenoxy) is 1. The summed E-state index contributed by atoms with van der Waals surface area (Å²) in [5.74, 6) is -1.64. The Kier molecular flexibility index (Phi) is 5.50. The van der Waals surface area contributed by atoms with Crippen LogP contribution in [-0.4, -0.2) is 45.0 Å². The number of esters is 1. The average Bonchev–Trinajstić information content (AvgIpc) is 2.99. The van der Waals surface area contributed by atoms with E-state index in [0.717, 1.165) is 18.3 Å². The van der Waals surface area contributed by atoms with E-state index in [2.05, 4.69) is 10.1 Å². The van der Waals surface area contributed by atoms with Crippen molar-refractivity contribution in [3.63, 3.8) is 0 Å². The van der Waals surface area contributed by atoms with Gasteiger partial charge in [-0.1, -0.05) is 0 Å². The summed E-state index contributed by atoms with van der Waals surface area (Å²) in [6.45, 7) is 1.46. The molecule has 2 aromatic rings. The molecule has 0 aromatic carbocycles. The highest BCUT2D eigenvalue weighted by Gasteiger charge is 2.33. The molecule has 0 spiro atoms. The summed E-state index contributed by atoms with van der Waals surface area (Å²) in [6.07, 6.45) is -7.88. The molecule has 6 nitrogen and oxygen atoms in total. The van der Waals surface area contributed by atoms with Gasteiger partial charge in [-0.3, -0.25) is 4.98 Å². The van der Waals surface area contributed by atoms with Gasteiger partial charge in [0.15, 0.2) is 11.8 Å². The van der Waals surface area contributed by atoms with Gasteiger partial charge < -0.3 is 9.84 Å². The van der Waals surface area contributed by atoms with E-state index in [1.54, 1.807) is 0 Å². The lowest BCUT2D eigenvalue weighted by molar-refractivity contribution is -0.0763. The largest absolute Gasteiger partial charge is 0.461 e. The van der Waals surface area contributed by atoms with Crippen LogP contribution in [0.2, 0.25) is 0 Å². The van der Waals surface area contributed by atoms with E-state index in [-0.39, 0.29) is 18.0 Å². The number of aliphatic hydroxyl groups is 1. The first kappa shape index (κ1) is 17.9. The van der Waals surface area contributed by atoms with E-state index in [1.165, 1.54) is 13.0 Å². The minimum Gasteiger partial charge on any atom is -0.461 e. The molecule has 2 rings (SSSR count). The topological polar surface area (TPSA) is 77.2 Å². The van der Waals surface area contributed by atoms with Crippen LogP contribution < -0.4 is 0 Å². The van der Waals surface area contributed by atoms with E-state index in [0.29, 0.717) is 4.68 Å². The van der Waals surface area contributed by atoms with Gasteiger partial charge in [0.25, 0.3) is 6.43 Å². The van der Waals surface area contributed by atoms with Gasteiger partial charge in [0.1, 0.15) is 11.5 Å². The summed E-state index contributed by atoms with van der Waals surface area (Å²) in [6, 6.07) is 3.34. The number of carbonyl (C=O) groups excluding carboxylic acids is 1. The van der Waals surface area contributed by atoms with E-state index in [9.17, 15) is 27.5 Å². The van der Waals surface area contributed by atoms with Crippen molar-refractivity contribution < 1.29 is 32.2 Å². The third-order valence-electron chi connectivity index (χ3n) is 2.98. The molecular weight excluding hydrogens is 334 g/mol. The van der Waals surface area contributed by atoms with Crippen LogP contribution in [0.1, 0.15) is 23.7 Å². The summed E-state index contributed by atoms with van der Waals surface area (Å²) in [5, 5.41) is 12.9. The fraction of sp³-hybridized carbons (Fsp3) is 0.357. The fourth-order valence-corrected chi connectivity index (χ4v) is 1.86. The first-order valence-corrected chi connectivity index (χ1v) is 6.84. The lowest BCUT2D eigenvalue weighted by Gasteiger charge is -2.16. The first-order chi connectivity index (χ1) is 11.3. The van der Waals surface area contributed by atoms with Crippen LogP contribution in [0, 0.1) is 5.82 Å². The summed E-state index contributed by atoms with van der Waals surface area (Å²) in [5.41, 5.74) is -0.466. The van der Waals surface area contributed by atoms with Crippen molar-refractivity contribution in [2.45, 2.75) is 25.7 Å². The molecule has 0 amide bonds. The Morgan fingerprint density at radius 2 is 2.04 bits per heavy atom. The van der Waals surface area contributed by atoms with E-state index in [1.807, 2.05) is 0 Å². The summed E-state index contributed by atoms with van der Waals surface area (Å²) < 4.78 is 57.1. The predicted molar refractivity (Wildman–Crippen MR) is 73.5 cm³/mol. The van der Waals surface area contributed by atoms with Crippen molar-refractivity contribution in [3.8, 4) is 11.4 Å². The van der Waals surface area contributed by atoms with Gasteiger partial charge in [-0.25, -0.2) is 27.0 Å². The summed E-state index contributed by atoms with van der Waals surface area (Å²) in [4.78, 5) is 15.6. The number of rotatable bonds is 6. The van der Waals surface area contributed by atoms with Crippen LogP contribution in [0.3, 0.4) is 0 Å². The third-order valence-corrected chi connectivity index (χ3v) is 2.98. The lowest BCUT2D eigenvalue weighted by atomic mass is 10.2. The van der Waals surface area contributed by atoms with Crippen LogP contribution in [0.15, 0.2) is 24.4 Å². The molecule has 0 bridgehead atoms. The van der Waals surface area contributed by atoms with Crippen LogP contribution in [0.5, 0.6) is 0 Å². The molecule has 0 aliphatic carbocycles. The van der Waals surface area contributed by atoms with Crippen molar-refractivity contribution in [2.75, 3.05) is 6.61 Å². The third kappa shape index (κ3) is 3.70. The molecule has 2 aromatic heterocycles. The van der Waals surface area contributed by atoms with Crippen LogP contribution >= 0.6 is 0 Å². The van der Waals surface area contributed by atoms with Gasteiger partial charge >= 0.3 is 5.97 Å². The molecule has 0 saturated carbocycles. The molecule has 130 valence electrons. The normalized spacial score (nSPS) is 13.8. The lowest BCUT2D eigenvalue weighted by Crippen LogP contribution is -2.30. The quantitative estimate of drug-likeness (QED) is 0.641. The predicted octanol–water partition coefficient (Wildman–Crippen LogP) is 2.36. The fourth-order valence-electron chi connectivity index (χ4n) is 1.86. The van der Waals surface area contributed by atoms with Gasteiger partial charge in [0.2, 0.25) is 6.30 Å². The van der Waals surface area contributed by atoms with Gasteiger partial charge in [0.05, 0.1) is 18.5 Å². The molecule has 0 saturated heterocycles. The van der Waals surface area contributed by atoms with Crippen LogP contribution in [-0.2, 0) is 4.74 Å². The van der Waals surface area contributed by atoms with Crippen molar-refractivity contribution in [2.24, 2.45) is 0 Å². The highest BCUT2D eigenvalue weighted by Crippen LogP contribution is 2.25. The maximum atomic E-state index is 14.1. The maximum absolute atomic E-state index is 14.1. The zero-order valence-corrected chi connectivity index (χ0v) is 12.4. The van der Waals surface area contributed by atoms with E-state index >= 15 is 0 Å². The van der Waals surface area contributed by atoms with Crippen molar-refractivity contribution in [1.82, 2.24) is 14.8 Å². The summed E-state index contributed by atoms with van der Waals surface area (Å²) >= 11 is 0. The van der Waals surface area contributed by atoms with Gasteiger partial charge in [-0.2, -0.15) is 5.10 Å². The second-order valence-electron chi connectivity index (χ2n) is 4.64. The first-order valence-electron chi connectivity index (χ1n) is 6.84. The average molecular weight is 347 g/mol. The number of hydrogen-bond acceptors (Lipinski definition) is 5. The Labute approximate surface area is 133 Å². The molecule has 0 fully saturated rings. The maximum Gasteiger partial charge on any atom is 0.356 e. The Balaban J connectivity index is 2.47. The minimum atomic E-state index is -3.38. The molecule has 24 heavy (non-hydrogen) atoms. The Hall–Kier alpha value is -2.49. The Morgan fingerprint density at radius 1 is 1.33 bits per heavy atom. The molecule has 0 aliphatic heterocycles. The van der Waals surface area contributed by atoms with Gasteiger partial charge in [0, 0.05) is 6.07 Å². The van der Waals surface area contributed by atoms with E-state index < -0.39 is 36.3 Å². The molecule has 10 heteroatoms. The molecule has 0 aliphatic rings. The molecule has 2 heterocycles. The van der Waals surface area contributed by atoms with Crippen molar-refractivity contribution in [1.29, 1.82) is 0 Å². The van der Waals surface area contributed by atoms with Crippen molar-refractivity contribution in [3.05, 3.63) is 35.9 Å². The molecule has 0 radical (unpaired) electrons. The standard InChI is InChI=1S/C14H13F4N3O3/c1-2-24-14(23)10-5-9(8-4-3-7(15)6-19-8)20-21(10)13(18)11(22)12(16)17/h3-6,11-13,22H,2H2,1H3. The number of pyridine rings is 1. The van der Waals surface area contributed by atoms with Crippen molar-refractivity contribution >= 4 is 5.97 Å². The van der Waals surface area contributed by atoms with E-state index in [4.69, 9.17) is 4.74 Å². The SMILES string of the molecule is CCOC(=O)c1cc(-c2ccc(F)cn2)nn1C(F)C(O)C(F)F. The Morgan fingerprint density at radius 3 is 2.58 bits per heavy atom. The zero-order valence-electron chi connectivity index (χ0n) is 12.4. The highest BCUT2D eigenvalue weighted by molar-refractivity contribution is 5.89. The molecule has 2 unspecified atom stereocenters. The monoisotopic (exact) mass is 347 g/mol. The Bertz CT molecular complexity index is 706. The van der Waals surface area contributed by atoms with Crippen LogP contribution in [0.25, 0.3) is 11.4 Å². The molecule has 2 atom stereocenters. The highest BCUT2D eigenvalue weighted by atomic mass is 19.3. The smallest absolute Gasteiger partial charge is 0.356 e. The number of alkyl halides is 3. The van der Waals surface area contributed by atoms with Gasteiger partial charge in [-0.15, -0.1) is 0 Å². The minimum absolute atomic E-state index is 0.0392. The second-order valence-corrected chi connectivity index (χ2v) is 4.64. The number of aliphatic hydroxyl groups excluding tert-OH is 1. The number of hydrogen-bond donors (Lipinski definition) is 1. The van der Waals surface area contributed by atoms with Crippen LogP contribution in [0.4, 0.5) is 17.6 Å². The molecular formula is C14H13F4N3O3. The number of carbonyl (C=O) groups is 1. The van der Waals surface area contributed by atoms with Gasteiger partial charge in [-0.05, 0) is 19.1 Å². The zero-order chi connectivity index (χ0) is 17.9. The summed E-state index contributed by atoms with van der Waals surface area (Å²) in [7, 11) is 0. The number of nitrogens with zero attached hydrogens (tertiary/aromatic N) is 3. The molecule has 1 N–H and O–H groups in total. The number of aromatic nitrogens is 3.